The van der Waals surface area contributed by atoms with Crippen molar-refractivity contribution in [1.29, 1.82) is 0 Å². The zero-order valence-electron chi connectivity index (χ0n) is 13.1. The van der Waals surface area contributed by atoms with Crippen LogP contribution in [0.3, 0.4) is 0 Å². The van der Waals surface area contributed by atoms with Gasteiger partial charge in [-0.25, -0.2) is 4.79 Å². The van der Waals surface area contributed by atoms with E-state index >= 15 is 0 Å². The predicted molar refractivity (Wildman–Crippen MR) is 90.0 cm³/mol. The molecule has 2 amide bonds. The van der Waals surface area contributed by atoms with E-state index in [0.717, 1.165) is 30.7 Å². The molecule has 0 radical (unpaired) electrons. The molecule has 2 unspecified atom stereocenters. The van der Waals surface area contributed by atoms with Gasteiger partial charge in [0, 0.05) is 6.54 Å². The van der Waals surface area contributed by atoms with Gasteiger partial charge < -0.3 is 15.0 Å². The van der Waals surface area contributed by atoms with Gasteiger partial charge in [0.15, 0.2) is 0 Å². The van der Waals surface area contributed by atoms with Crippen LogP contribution >= 0.6 is 11.8 Å². The number of fused-ring (bicyclic) bond motifs is 1. The van der Waals surface area contributed by atoms with E-state index in [0.29, 0.717) is 6.42 Å². The molecule has 0 aliphatic carbocycles. The van der Waals surface area contributed by atoms with E-state index in [2.05, 4.69) is 5.32 Å². The summed E-state index contributed by atoms with van der Waals surface area (Å²) in [6.07, 6.45) is 3.43. The highest BCUT2D eigenvalue weighted by Crippen LogP contribution is 2.30. The van der Waals surface area contributed by atoms with Crippen LogP contribution in [0.2, 0.25) is 0 Å². The third-order valence-corrected chi connectivity index (χ3v) is 5.60. The van der Waals surface area contributed by atoms with E-state index in [9.17, 15) is 9.59 Å². The van der Waals surface area contributed by atoms with Gasteiger partial charge in [-0.1, -0.05) is 30.3 Å². The van der Waals surface area contributed by atoms with E-state index in [-0.39, 0.29) is 17.9 Å². The minimum Gasteiger partial charge on any atom is -0.445 e. The largest absolute Gasteiger partial charge is 0.445 e. The molecule has 2 heterocycles. The number of hydrogen-bond donors (Lipinski definition) is 1. The molecule has 124 valence electrons. The molecule has 3 rings (SSSR count). The minimum absolute atomic E-state index is 0.0383. The molecule has 1 N–H and O–H groups in total. The lowest BCUT2D eigenvalue weighted by atomic mass is 10.1. The first-order valence-corrected chi connectivity index (χ1v) is 9.18. The number of rotatable bonds is 3. The molecule has 2 atom stereocenters. The molecule has 2 fully saturated rings. The monoisotopic (exact) mass is 334 g/mol. The van der Waals surface area contributed by atoms with Crippen molar-refractivity contribution >= 4 is 23.8 Å². The fourth-order valence-electron chi connectivity index (χ4n) is 3.01. The second-order valence-electron chi connectivity index (χ2n) is 5.90. The van der Waals surface area contributed by atoms with E-state index in [1.165, 1.54) is 6.42 Å². The van der Waals surface area contributed by atoms with Gasteiger partial charge in [-0.3, -0.25) is 4.79 Å². The molecule has 2 aliphatic rings. The molecule has 0 aromatic heterocycles. The van der Waals surface area contributed by atoms with Crippen LogP contribution in [0.1, 0.15) is 31.2 Å². The van der Waals surface area contributed by atoms with Gasteiger partial charge in [-0.2, -0.15) is 0 Å². The standard InChI is InChI=1S/C17H22N2O3S/c20-16-14(9-11-23-15-8-4-5-10-19(15)16)18-17(21)22-12-13-6-2-1-3-7-13/h1-3,6-7,14-15H,4-5,8-12H2,(H,18,21). The maximum Gasteiger partial charge on any atom is 0.408 e. The summed E-state index contributed by atoms with van der Waals surface area (Å²) in [7, 11) is 0. The molecule has 23 heavy (non-hydrogen) atoms. The third-order valence-electron chi connectivity index (χ3n) is 4.25. The number of carbonyl (C=O) groups excluding carboxylic acids is 2. The minimum atomic E-state index is -0.521. The van der Waals surface area contributed by atoms with Crippen LogP contribution in [-0.4, -0.2) is 40.6 Å². The Morgan fingerprint density at radius 3 is 2.91 bits per heavy atom. The number of nitrogens with one attached hydrogen (secondary N) is 1. The molecule has 2 aliphatic heterocycles. The van der Waals surface area contributed by atoms with Crippen LogP contribution in [0.25, 0.3) is 0 Å². The van der Waals surface area contributed by atoms with E-state index in [4.69, 9.17) is 4.74 Å². The summed E-state index contributed by atoms with van der Waals surface area (Å²) in [5.74, 6) is 0.924. The van der Waals surface area contributed by atoms with Gasteiger partial charge in [0.1, 0.15) is 12.6 Å². The van der Waals surface area contributed by atoms with Crippen molar-refractivity contribution in [1.82, 2.24) is 10.2 Å². The zero-order chi connectivity index (χ0) is 16.1. The van der Waals surface area contributed by atoms with Gasteiger partial charge in [0.2, 0.25) is 5.91 Å². The Hall–Kier alpha value is -1.69. The molecule has 0 spiro atoms. The summed E-state index contributed by atoms with van der Waals surface area (Å²) >= 11 is 1.83. The van der Waals surface area contributed by atoms with E-state index < -0.39 is 12.1 Å². The normalized spacial score (nSPS) is 24.5. The predicted octanol–water partition coefficient (Wildman–Crippen LogP) is 2.76. The average molecular weight is 334 g/mol. The maximum atomic E-state index is 12.6. The Morgan fingerprint density at radius 1 is 1.26 bits per heavy atom. The number of thioether (sulfide) groups is 1. The smallest absolute Gasteiger partial charge is 0.408 e. The SMILES string of the molecule is O=C(NC1CCSC2CCCCN2C1=O)OCc1ccccc1. The van der Waals surface area contributed by atoms with Crippen LogP contribution in [-0.2, 0) is 16.1 Å². The molecular formula is C17H22N2O3S. The fraction of sp³-hybridized carbons (Fsp3) is 0.529. The van der Waals surface area contributed by atoms with Gasteiger partial charge in [-0.05, 0) is 37.0 Å². The summed E-state index contributed by atoms with van der Waals surface area (Å²) in [5, 5.41) is 3.03. The Balaban J connectivity index is 1.53. The summed E-state index contributed by atoms with van der Waals surface area (Å²) in [4.78, 5) is 26.6. The van der Waals surface area contributed by atoms with Crippen LogP contribution < -0.4 is 5.32 Å². The summed E-state index contributed by atoms with van der Waals surface area (Å²) in [6.45, 7) is 1.02. The number of hydrogen-bond acceptors (Lipinski definition) is 4. The van der Waals surface area contributed by atoms with Crippen LogP contribution in [0.5, 0.6) is 0 Å². The maximum absolute atomic E-state index is 12.6. The first kappa shape index (κ1) is 16.2. The Bertz CT molecular complexity index is 552. The zero-order valence-corrected chi connectivity index (χ0v) is 13.9. The van der Waals surface area contributed by atoms with Crippen molar-refractivity contribution in [2.75, 3.05) is 12.3 Å². The fourth-order valence-corrected chi connectivity index (χ4v) is 4.38. The van der Waals surface area contributed by atoms with Crippen molar-refractivity contribution in [2.45, 2.75) is 43.7 Å². The van der Waals surface area contributed by atoms with Crippen molar-refractivity contribution in [3.63, 3.8) is 0 Å². The molecule has 2 saturated heterocycles. The van der Waals surface area contributed by atoms with Gasteiger partial charge in [0.25, 0.3) is 0 Å². The van der Waals surface area contributed by atoms with Gasteiger partial charge >= 0.3 is 6.09 Å². The quantitative estimate of drug-likeness (QED) is 0.923. The van der Waals surface area contributed by atoms with Crippen molar-refractivity contribution in [2.24, 2.45) is 0 Å². The van der Waals surface area contributed by atoms with E-state index in [1.807, 2.05) is 47.0 Å². The highest BCUT2D eigenvalue weighted by Gasteiger charge is 2.35. The first-order valence-electron chi connectivity index (χ1n) is 8.13. The van der Waals surface area contributed by atoms with Crippen molar-refractivity contribution in [3.8, 4) is 0 Å². The summed E-state index contributed by atoms with van der Waals surface area (Å²) in [6, 6.07) is 9.06. The molecule has 0 bridgehead atoms. The lowest BCUT2D eigenvalue weighted by molar-refractivity contribution is -0.134. The lowest BCUT2D eigenvalue weighted by Gasteiger charge is -2.34. The second kappa shape index (κ2) is 7.73. The highest BCUT2D eigenvalue weighted by molar-refractivity contribution is 7.99. The highest BCUT2D eigenvalue weighted by atomic mass is 32.2. The molecular weight excluding hydrogens is 312 g/mol. The number of carbonyl (C=O) groups is 2. The lowest BCUT2D eigenvalue weighted by Crippen LogP contribution is -2.51. The molecule has 6 heteroatoms. The van der Waals surface area contributed by atoms with Crippen LogP contribution in [0.15, 0.2) is 30.3 Å². The third kappa shape index (κ3) is 4.19. The van der Waals surface area contributed by atoms with Gasteiger partial charge in [0.05, 0.1) is 5.37 Å². The number of ether oxygens (including phenoxy) is 1. The number of piperidine rings is 1. The average Bonchev–Trinajstić information content (AvgIpc) is 2.74. The number of alkyl carbamates (subject to hydrolysis) is 1. The van der Waals surface area contributed by atoms with Crippen LogP contribution in [0, 0.1) is 0 Å². The number of nitrogens with zero attached hydrogens (tertiary/aromatic N) is 1. The Morgan fingerprint density at radius 2 is 2.09 bits per heavy atom. The molecule has 1 aromatic carbocycles. The molecule has 1 aromatic rings. The van der Waals surface area contributed by atoms with Crippen molar-refractivity contribution in [3.05, 3.63) is 35.9 Å². The summed E-state index contributed by atoms with van der Waals surface area (Å²) in [5.41, 5.74) is 0.932. The first-order chi connectivity index (χ1) is 11.2. The van der Waals surface area contributed by atoms with Crippen LogP contribution in [0.4, 0.5) is 4.79 Å². The Labute approximate surface area is 140 Å². The molecule has 0 saturated carbocycles. The van der Waals surface area contributed by atoms with E-state index in [1.54, 1.807) is 0 Å². The molecule has 5 nitrogen and oxygen atoms in total. The number of amides is 2. The topological polar surface area (TPSA) is 58.6 Å². The number of benzene rings is 1. The van der Waals surface area contributed by atoms with Crippen molar-refractivity contribution < 1.29 is 14.3 Å². The summed E-state index contributed by atoms with van der Waals surface area (Å²) < 4.78 is 5.23. The Kier molecular flexibility index (Phi) is 5.43. The second-order valence-corrected chi connectivity index (χ2v) is 7.19. The van der Waals surface area contributed by atoms with Gasteiger partial charge in [-0.15, -0.1) is 11.8 Å².